The van der Waals surface area contributed by atoms with E-state index < -0.39 is 0 Å². The van der Waals surface area contributed by atoms with E-state index in [-0.39, 0.29) is 5.82 Å². The molecule has 0 atom stereocenters. The van der Waals surface area contributed by atoms with Gasteiger partial charge in [-0.15, -0.1) is 0 Å². The SMILES string of the molecule is CCc1cc2c(F)cccc2cn1. The van der Waals surface area contributed by atoms with Crippen LogP contribution in [0.3, 0.4) is 0 Å². The van der Waals surface area contributed by atoms with E-state index in [1.165, 1.54) is 6.07 Å². The van der Waals surface area contributed by atoms with Gasteiger partial charge in [-0.25, -0.2) is 4.39 Å². The van der Waals surface area contributed by atoms with E-state index in [1.54, 1.807) is 12.3 Å². The molecule has 0 spiro atoms. The van der Waals surface area contributed by atoms with E-state index in [2.05, 4.69) is 4.98 Å². The number of hydrogen-bond donors (Lipinski definition) is 0. The molecule has 0 aliphatic heterocycles. The zero-order valence-electron chi connectivity index (χ0n) is 7.42. The first kappa shape index (κ1) is 8.17. The molecule has 66 valence electrons. The fraction of sp³-hybridized carbons (Fsp3) is 0.182. The summed E-state index contributed by atoms with van der Waals surface area (Å²) in [6.07, 6.45) is 2.56. The topological polar surface area (TPSA) is 12.9 Å². The molecular weight excluding hydrogens is 165 g/mol. The zero-order valence-corrected chi connectivity index (χ0v) is 7.42. The van der Waals surface area contributed by atoms with Gasteiger partial charge in [0.25, 0.3) is 0 Å². The zero-order chi connectivity index (χ0) is 9.26. The number of halogens is 1. The molecule has 2 heteroatoms. The van der Waals surface area contributed by atoms with E-state index in [9.17, 15) is 4.39 Å². The van der Waals surface area contributed by atoms with Crippen LogP contribution < -0.4 is 0 Å². The van der Waals surface area contributed by atoms with Crippen molar-refractivity contribution in [2.75, 3.05) is 0 Å². The third kappa shape index (κ3) is 1.39. The number of aromatic nitrogens is 1. The number of fused-ring (bicyclic) bond motifs is 1. The highest BCUT2D eigenvalue weighted by Gasteiger charge is 2.00. The van der Waals surface area contributed by atoms with Gasteiger partial charge in [-0.3, -0.25) is 4.98 Å². The molecule has 0 fully saturated rings. The lowest BCUT2D eigenvalue weighted by atomic mass is 10.1. The molecule has 0 saturated carbocycles. The highest BCUT2D eigenvalue weighted by atomic mass is 19.1. The van der Waals surface area contributed by atoms with Crippen molar-refractivity contribution in [3.63, 3.8) is 0 Å². The molecule has 0 aliphatic carbocycles. The summed E-state index contributed by atoms with van der Waals surface area (Å²) in [5.41, 5.74) is 0.928. The van der Waals surface area contributed by atoms with Crippen molar-refractivity contribution >= 4 is 10.8 Å². The van der Waals surface area contributed by atoms with Crippen LogP contribution in [0, 0.1) is 5.82 Å². The Morgan fingerprint density at radius 1 is 1.38 bits per heavy atom. The van der Waals surface area contributed by atoms with Gasteiger partial charge >= 0.3 is 0 Å². The summed E-state index contributed by atoms with van der Waals surface area (Å²) >= 11 is 0. The minimum Gasteiger partial charge on any atom is -0.261 e. The van der Waals surface area contributed by atoms with Crippen LogP contribution in [0.5, 0.6) is 0 Å². The second-order valence-corrected chi connectivity index (χ2v) is 2.99. The first-order valence-corrected chi connectivity index (χ1v) is 4.34. The maximum Gasteiger partial charge on any atom is 0.131 e. The number of nitrogens with zero attached hydrogens (tertiary/aromatic N) is 1. The summed E-state index contributed by atoms with van der Waals surface area (Å²) in [5, 5.41) is 1.52. The van der Waals surface area contributed by atoms with Gasteiger partial charge in [0.2, 0.25) is 0 Å². The Hall–Kier alpha value is -1.44. The molecule has 1 aromatic heterocycles. The molecule has 2 aromatic rings. The molecule has 1 nitrogen and oxygen atoms in total. The molecule has 0 aliphatic rings. The molecule has 1 heterocycles. The molecule has 0 amide bonds. The molecule has 13 heavy (non-hydrogen) atoms. The van der Waals surface area contributed by atoms with Gasteiger partial charge in [0.1, 0.15) is 5.82 Å². The van der Waals surface area contributed by atoms with Crippen molar-refractivity contribution in [3.8, 4) is 0 Å². The average molecular weight is 175 g/mol. The summed E-state index contributed by atoms with van der Waals surface area (Å²) < 4.78 is 13.3. The quantitative estimate of drug-likeness (QED) is 0.649. The van der Waals surface area contributed by atoms with Crippen molar-refractivity contribution in [3.05, 3.63) is 42.0 Å². The van der Waals surface area contributed by atoms with Crippen molar-refractivity contribution in [2.24, 2.45) is 0 Å². The van der Waals surface area contributed by atoms with Gasteiger partial charge in [0.05, 0.1) is 0 Å². The van der Waals surface area contributed by atoms with E-state index in [1.807, 2.05) is 19.1 Å². The van der Waals surface area contributed by atoms with Gasteiger partial charge in [0, 0.05) is 22.7 Å². The number of hydrogen-bond acceptors (Lipinski definition) is 1. The number of benzene rings is 1. The summed E-state index contributed by atoms with van der Waals surface area (Å²) in [6, 6.07) is 6.85. The second kappa shape index (κ2) is 3.13. The molecule has 1 aromatic carbocycles. The highest BCUT2D eigenvalue weighted by Crippen LogP contribution is 2.17. The van der Waals surface area contributed by atoms with Crippen molar-refractivity contribution < 1.29 is 4.39 Å². The molecule has 2 rings (SSSR count). The standard InChI is InChI=1S/C11H10FN/c1-2-9-6-10-8(7-13-9)4-3-5-11(10)12/h3-7H,2H2,1H3. The monoisotopic (exact) mass is 175 g/mol. The smallest absolute Gasteiger partial charge is 0.131 e. The Morgan fingerprint density at radius 3 is 3.00 bits per heavy atom. The fourth-order valence-corrected chi connectivity index (χ4v) is 1.37. The van der Waals surface area contributed by atoms with Crippen LogP contribution in [-0.4, -0.2) is 4.98 Å². The van der Waals surface area contributed by atoms with Crippen LogP contribution in [0.2, 0.25) is 0 Å². The molecular formula is C11H10FN. The van der Waals surface area contributed by atoms with Crippen molar-refractivity contribution in [1.82, 2.24) is 4.98 Å². The van der Waals surface area contributed by atoms with E-state index >= 15 is 0 Å². The largest absolute Gasteiger partial charge is 0.261 e. The van der Waals surface area contributed by atoms with Gasteiger partial charge in [0.15, 0.2) is 0 Å². The molecule has 0 radical (unpaired) electrons. The summed E-state index contributed by atoms with van der Waals surface area (Å²) in [6.45, 7) is 2.01. The lowest BCUT2D eigenvalue weighted by Crippen LogP contribution is -1.87. The predicted molar refractivity (Wildman–Crippen MR) is 51.1 cm³/mol. The summed E-state index contributed by atoms with van der Waals surface area (Å²) in [5.74, 6) is -0.172. The Bertz CT molecular complexity index is 437. The average Bonchev–Trinajstić information content (AvgIpc) is 2.18. The fourth-order valence-electron chi connectivity index (χ4n) is 1.37. The van der Waals surface area contributed by atoms with Crippen LogP contribution >= 0.6 is 0 Å². The van der Waals surface area contributed by atoms with Gasteiger partial charge in [-0.05, 0) is 18.6 Å². The Kier molecular flexibility index (Phi) is 1.97. The number of pyridine rings is 1. The first-order valence-electron chi connectivity index (χ1n) is 4.34. The molecule has 0 N–H and O–H groups in total. The van der Waals surface area contributed by atoms with E-state index in [0.717, 1.165) is 17.5 Å². The van der Waals surface area contributed by atoms with Crippen LogP contribution in [0.4, 0.5) is 4.39 Å². The van der Waals surface area contributed by atoms with Gasteiger partial charge < -0.3 is 0 Å². The maximum absolute atomic E-state index is 13.3. The Morgan fingerprint density at radius 2 is 2.23 bits per heavy atom. The third-order valence-corrected chi connectivity index (χ3v) is 2.13. The highest BCUT2D eigenvalue weighted by molar-refractivity contribution is 5.82. The minimum absolute atomic E-state index is 0.172. The second-order valence-electron chi connectivity index (χ2n) is 2.99. The predicted octanol–water partition coefficient (Wildman–Crippen LogP) is 2.94. The maximum atomic E-state index is 13.3. The summed E-state index contributed by atoms with van der Waals surface area (Å²) in [7, 11) is 0. The van der Waals surface area contributed by atoms with Gasteiger partial charge in [-0.1, -0.05) is 19.1 Å². The lowest BCUT2D eigenvalue weighted by molar-refractivity contribution is 0.639. The Labute approximate surface area is 76.2 Å². The van der Waals surface area contributed by atoms with E-state index in [0.29, 0.717) is 5.39 Å². The number of rotatable bonds is 1. The van der Waals surface area contributed by atoms with Gasteiger partial charge in [-0.2, -0.15) is 0 Å². The van der Waals surface area contributed by atoms with Crippen LogP contribution in [0.1, 0.15) is 12.6 Å². The first-order chi connectivity index (χ1) is 6.31. The Balaban J connectivity index is 2.74. The third-order valence-electron chi connectivity index (χ3n) is 2.13. The van der Waals surface area contributed by atoms with E-state index in [4.69, 9.17) is 0 Å². The van der Waals surface area contributed by atoms with Crippen molar-refractivity contribution in [2.45, 2.75) is 13.3 Å². The van der Waals surface area contributed by atoms with Crippen LogP contribution in [-0.2, 0) is 6.42 Å². The minimum atomic E-state index is -0.172. The molecule has 0 bridgehead atoms. The number of aryl methyl sites for hydroxylation is 1. The summed E-state index contributed by atoms with van der Waals surface area (Å²) in [4.78, 5) is 4.20. The molecule has 0 unspecified atom stereocenters. The lowest BCUT2D eigenvalue weighted by Gasteiger charge is -2.00. The molecule has 0 saturated heterocycles. The normalized spacial score (nSPS) is 10.6. The van der Waals surface area contributed by atoms with Crippen LogP contribution in [0.25, 0.3) is 10.8 Å². The van der Waals surface area contributed by atoms with Crippen molar-refractivity contribution in [1.29, 1.82) is 0 Å². The van der Waals surface area contributed by atoms with Crippen LogP contribution in [0.15, 0.2) is 30.5 Å².